The molecular formula is C11H10FN3O4S. The summed E-state index contributed by atoms with van der Waals surface area (Å²) < 4.78 is 38.6. The zero-order chi connectivity index (χ0) is 14.8. The van der Waals surface area contributed by atoms with E-state index in [1.165, 1.54) is 24.3 Å². The molecule has 0 saturated heterocycles. The van der Waals surface area contributed by atoms with Crippen LogP contribution in [0.2, 0.25) is 0 Å². The van der Waals surface area contributed by atoms with Gasteiger partial charge >= 0.3 is 5.69 Å². The summed E-state index contributed by atoms with van der Waals surface area (Å²) in [6.07, 6.45) is 0.814. The Morgan fingerprint density at radius 2 is 1.80 bits per heavy atom. The van der Waals surface area contributed by atoms with Crippen molar-refractivity contribution in [3.8, 4) is 0 Å². The Hall–Kier alpha value is -2.26. The van der Waals surface area contributed by atoms with Crippen LogP contribution in [-0.4, -0.2) is 18.4 Å². The molecule has 0 amide bonds. The Morgan fingerprint density at radius 3 is 2.40 bits per heavy atom. The number of H-pyrrole nitrogens is 2. The van der Waals surface area contributed by atoms with Crippen molar-refractivity contribution in [3.05, 3.63) is 62.7 Å². The predicted molar refractivity (Wildman–Crippen MR) is 68.1 cm³/mol. The molecule has 1 aromatic carbocycles. The number of aromatic nitrogens is 2. The van der Waals surface area contributed by atoms with Crippen LogP contribution in [0.5, 0.6) is 0 Å². The van der Waals surface area contributed by atoms with E-state index in [1.807, 2.05) is 4.98 Å². The summed E-state index contributed by atoms with van der Waals surface area (Å²) in [7, 11) is -4.07. The van der Waals surface area contributed by atoms with Gasteiger partial charge in [-0.1, -0.05) is 12.1 Å². The third-order valence-electron chi connectivity index (χ3n) is 2.45. The zero-order valence-electron chi connectivity index (χ0n) is 10.0. The van der Waals surface area contributed by atoms with Crippen LogP contribution in [0.15, 0.2) is 44.9 Å². The molecule has 0 aliphatic carbocycles. The lowest BCUT2D eigenvalue weighted by Crippen LogP contribution is -2.32. The maximum atomic E-state index is 12.7. The van der Waals surface area contributed by atoms with E-state index in [2.05, 4.69) is 9.71 Å². The third-order valence-corrected chi connectivity index (χ3v) is 3.86. The predicted octanol–water partition coefficient (Wildman–Crippen LogP) is -0.319. The van der Waals surface area contributed by atoms with Gasteiger partial charge < -0.3 is 4.98 Å². The van der Waals surface area contributed by atoms with Crippen LogP contribution in [0.25, 0.3) is 0 Å². The molecule has 20 heavy (non-hydrogen) atoms. The van der Waals surface area contributed by atoms with E-state index in [9.17, 15) is 22.4 Å². The van der Waals surface area contributed by atoms with Gasteiger partial charge in [0.15, 0.2) is 4.90 Å². The largest absolute Gasteiger partial charge is 0.325 e. The van der Waals surface area contributed by atoms with Gasteiger partial charge in [0.25, 0.3) is 5.56 Å². The van der Waals surface area contributed by atoms with Crippen LogP contribution in [0.3, 0.4) is 0 Å². The average Bonchev–Trinajstić information content (AvgIpc) is 2.37. The normalized spacial score (nSPS) is 11.4. The van der Waals surface area contributed by atoms with Gasteiger partial charge in [-0.05, 0) is 17.7 Å². The van der Waals surface area contributed by atoms with E-state index < -0.39 is 32.0 Å². The van der Waals surface area contributed by atoms with Crippen molar-refractivity contribution in [1.82, 2.24) is 14.7 Å². The molecule has 2 rings (SSSR count). The van der Waals surface area contributed by atoms with E-state index in [0.717, 1.165) is 6.20 Å². The highest BCUT2D eigenvalue weighted by molar-refractivity contribution is 7.89. The van der Waals surface area contributed by atoms with Crippen LogP contribution in [0, 0.1) is 5.82 Å². The molecule has 1 heterocycles. The van der Waals surface area contributed by atoms with Gasteiger partial charge in [-0.2, -0.15) is 0 Å². The molecule has 0 aliphatic heterocycles. The molecule has 106 valence electrons. The molecule has 9 heteroatoms. The Morgan fingerprint density at radius 1 is 1.15 bits per heavy atom. The van der Waals surface area contributed by atoms with Crippen molar-refractivity contribution in [1.29, 1.82) is 0 Å². The van der Waals surface area contributed by atoms with Crippen molar-refractivity contribution >= 4 is 10.0 Å². The van der Waals surface area contributed by atoms with Crippen molar-refractivity contribution in [2.24, 2.45) is 0 Å². The standard InChI is InChI=1S/C11H10FN3O4S/c12-8-3-1-7(2-4-8)5-14-20(18,19)9-6-13-11(17)15-10(9)16/h1-4,6,14H,5H2,(H2,13,15,16,17). The summed E-state index contributed by atoms with van der Waals surface area (Å²) in [4.78, 5) is 25.5. The molecule has 2 aromatic rings. The molecule has 1 aromatic heterocycles. The number of hydrogen-bond donors (Lipinski definition) is 3. The molecule has 0 atom stereocenters. The average molecular weight is 299 g/mol. The third kappa shape index (κ3) is 3.19. The lowest BCUT2D eigenvalue weighted by Gasteiger charge is -2.05. The Balaban J connectivity index is 2.21. The number of nitrogens with one attached hydrogen (secondary N) is 3. The van der Waals surface area contributed by atoms with Crippen LogP contribution in [0.1, 0.15) is 5.56 Å². The highest BCUT2D eigenvalue weighted by atomic mass is 32.2. The van der Waals surface area contributed by atoms with E-state index in [4.69, 9.17) is 0 Å². The lowest BCUT2D eigenvalue weighted by molar-refractivity contribution is 0.579. The van der Waals surface area contributed by atoms with Crippen LogP contribution in [0.4, 0.5) is 4.39 Å². The fourth-order valence-electron chi connectivity index (χ4n) is 1.46. The van der Waals surface area contributed by atoms with Crippen LogP contribution >= 0.6 is 0 Å². The van der Waals surface area contributed by atoms with Crippen molar-refractivity contribution in [2.45, 2.75) is 11.4 Å². The summed E-state index contributed by atoms with van der Waals surface area (Å²) in [6, 6.07) is 5.21. The fourth-order valence-corrected chi connectivity index (χ4v) is 2.48. The second kappa shape index (κ2) is 5.39. The molecule has 0 radical (unpaired) electrons. The second-order valence-electron chi connectivity index (χ2n) is 3.89. The maximum absolute atomic E-state index is 12.7. The van der Waals surface area contributed by atoms with E-state index >= 15 is 0 Å². The second-order valence-corrected chi connectivity index (χ2v) is 5.62. The van der Waals surface area contributed by atoms with Gasteiger partial charge in [0, 0.05) is 12.7 Å². The molecule has 0 saturated carbocycles. The molecule has 7 nitrogen and oxygen atoms in total. The number of sulfonamides is 1. The first-order chi connectivity index (χ1) is 9.38. The number of rotatable bonds is 4. The highest BCUT2D eigenvalue weighted by Crippen LogP contribution is 2.05. The topological polar surface area (TPSA) is 112 Å². The Kier molecular flexibility index (Phi) is 3.81. The molecule has 0 aliphatic rings. The number of hydrogen-bond acceptors (Lipinski definition) is 4. The van der Waals surface area contributed by atoms with E-state index in [0.29, 0.717) is 5.56 Å². The maximum Gasteiger partial charge on any atom is 0.325 e. The van der Waals surface area contributed by atoms with Gasteiger partial charge in [0.1, 0.15) is 5.82 Å². The van der Waals surface area contributed by atoms with Gasteiger partial charge in [-0.3, -0.25) is 9.78 Å². The van der Waals surface area contributed by atoms with Crippen LogP contribution < -0.4 is 16.0 Å². The summed E-state index contributed by atoms with van der Waals surface area (Å²) in [6.45, 7) is -0.110. The van der Waals surface area contributed by atoms with E-state index in [1.54, 1.807) is 0 Å². The van der Waals surface area contributed by atoms with E-state index in [-0.39, 0.29) is 6.54 Å². The summed E-state index contributed by atoms with van der Waals surface area (Å²) >= 11 is 0. The lowest BCUT2D eigenvalue weighted by atomic mass is 10.2. The summed E-state index contributed by atoms with van der Waals surface area (Å²) in [5.41, 5.74) is -1.29. The van der Waals surface area contributed by atoms with Gasteiger partial charge in [0.2, 0.25) is 10.0 Å². The van der Waals surface area contributed by atoms with Gasteiger partial charge in [0.05, 0.1) is 0 Å². The van der Waals surface area contributed by atoms with Crippen molar-refractivity contribution in [3.63, 3.8) is 0 Å². The molecule has 3 N–H and O–H groups in total. The number of halogens is 1. The SMILES string of the molecule is O=c1[nH]cc(S(=O)(=O)NCc2ccc(F)cc2)c(=O)[nH]1. The number of aromatic amines is 2. The first kappa shape index (κ1) is 14.2. The molecule has 0 unspecified atom stereocenters. The van der Waals surface area contributed by atoms with Gasteiger partial charge in [-0.15, -0.1) is 0 Å². The van der Waals surface area contributed by atoms with Crippen molar-refractivity contribution in [2.75, 3.05) is 0 Å². The zero-order valence-corrected chi connectivity index (χ0v) is 10.8. The monoisotopic (exact) mass is 299 g/mol. The summed E-state index contributed by atoms with van der Waals surface area (Å²) in [5, 5.41) is 0. The molecular weight excluding hydrogens is 289 g/mol. The Bertz CT molecular complexity index is 824. The minimum absolute atomic E-state index is 0.110. The first-order valence-corrected chi connectivity index (χ1v) is 6.93. The minimum atomic E-state index is -4.07. The fraction of sp³-hybridized carbons (Fsp3) is 0.0909. The van der Waals surface area contributed by atoms with Crippen molar-refractivity contribution < 1.29 is 12.8 Å². The summed E-state index contributed by atoms with van der Waals surface area (Å²) in [5.74, 6) is -0.436. The first-order valence-electron chi connectivity index (χ1n) is 5.44. The molecule has 0 spiro atoms. The van der Waals surface area contributed by atoms with Gasteiger partial charge in [-0.25, -0.2) is 22.3 Å². The van der Waals surface area contributed by atoms with Crippen LogP contribution in [-0.2, 0) is 16.6 Å². The molecule has 0 fully saturated rings. The number of benzene rings is 1. The highest BCUT2D eigenvalue weighted by Gasteiger charge is 2.18. The smallest absolute Gasteiger partial charge is 0.313 e. The Labute approximate surface area is 112 Å². The molecule has 0 bridgehead atoms. The minimum Gasteiger partial charge on any atom is -0.313 e. The quantitative estimate of drug-likeness (QED) is 0.718.